The van der Waals surface area contributed by atoms with Crippen LogP contribution in [0.5, 0.6) is 5.75 Å². The van der Waals surface area contributed by atoms with E-state index >= 15 is 0 Å². The van der Waals surface area contributed by atoms with Gasteiger partial charge in [0.25, 0.3) is 5.91 Å². The molecule has 2 rings (SSSR count). The second-order valence-corrected chi connectivity index (χ2v) is 4.90. The van der Waals surface area contributed by atoms with Crippen molar-refractivity contribution in [3.63, 3.8) is 0 Å². The standard InChI is InChI=1S/C14H10BrNO4/c15-9-3-1-2-8(6-9)13(18)16-10-4-5-12(17)11(7-10)14(19)20/h1-7,17H,(H,16,18)(H,19,20)/p-1. The van der Waals surface area contributed by atoms with Crippen LogP contribution >= 0.6 is 15.9 Å². The van der Waals surface area contributed by atoms with Gasteiger partial charge in [0.2, 0.25) is 0 Å². The van der Waals surface area contributed by atoms with Crippen LogP contribution in [0.1, 0.15) is 20.7 Å². The molecule has 0 saturated carbocycles. The molecule has 0 aliphatic heterocycles. The fraction of sp³-hybridized carbons (Fsp3) is 0. The Hall–Kier alpha value is -2.34. The molecule has 0 bridgehead atoms. The molecule has 2 N–H and O–H groups in total. The maximum absolute atomic E-state index is 12.0. The number of carbonyl (C=O) groups is 2. The number of rotatable bonds is 3. The predicted octanol–water partition coefficient (Wildman–Crippen LogP) is 2.47. The molecule has 1 amide bonds. The number of nitrogens with one attached hydrogen (secondary N) is 1. The summed E-state index contributed by atoms with van der Waals surface area (Å²) in [6, 6.07) is 10.4. The molecule has 0 saturated heterocycles. The van der Waals surface area contributed by atoms with Crippen LogP contribution in [0.3, 0.4) is 0 Å². The molecule has 0 unspecified atom stereocenters. The average Bonchev–Trinajstić information content (AvgIpc) is 2.40. The van der Waals surface area contributed by atoms with Crippen molar-refractivity contribution in [3.8, 4) is 5.75 Å². The van der Waals surface area contributed by atoms with Gasteiger partial charge >= 0.3 is 5.97 Å². The molecule has 2 aromatic carbocycles. The van der Waals surface area contributed by atoms with Gasteiger partial charge in [-0.2, -0.15) is 0 Å². The van der Waals surface area contributed by atoms with E-state index in [1.807, 2.05) is 0 Å². The Morgan fingerprint density at radius 1 is 1.15 bits per heavy atom. The molecule has 6 heteroatoms. The number of halogens is 1. The van der Waals surface area contributed by atoms with Crippen molar-refractivity contribution in [1.29, 1.82) is 0 Å². The first-order valence-electron chi connectivity index (χ1n) is 5.58. The Morgan fingerprint density at radius 3 is 2.55 bits per heavy atom. The van der Waals surface area contributed by atoms with Crippen molar-refractivity contribution in [2.45, 2.75) is 0 Å². The van der Waals surface area contributed by atoms with Gasteiger partial charge in [0, 0.05) is 15.7 Å². The van der Waals surface area contributed by atoms with Crippen molar-refractivity contribution >= 4 is 33.5 Å². The van der Waals surface area contributed by atoms with Crippen LogP contribution in [-0.2, 0) is 0 Å². The zero-order chi connectivity index (χ0) is 14.7. The minimum Gasteiger partial charge on any atom is -0.872 e. The highest BCUT2D eigenvalue weighted by molar-refractivity contribution is 9.10. The molecule has 0 heterocycles. The van der Waals surface area contributed by atoms with E-state index in [9.17, 15) is 14.7 Å². The summed E-state index contributed by atoms with van der Waals surface area (Å²) in [5.41, 5.74) is 0.298. The molecule has 0 aliphatic rings. The van der Waals surface area contributed by atoms with Gasteiger partial charge in [-0.15, -0.1) is 0 Å². The normalized spacial score (nSPS) is 10.1. The largest absolute Gasteiger partial charge is 0.872 e. The number of anilines is 1. The lowest BCUT2D eigenvalue weighted by Gasteiger charge is -2.12. The molecule has 2 aromatic rings. The fourth-order valence-electron chi connectivity index (χ4n) is 1.61. The number of benzene rings is 2. The molecule has 0 aromatic heterocycles. The molecule has 0 radical (unpaired) electrons. The van der Waals surface area contributed by atoms with Crippen LogP contribution in [0, 0.1) is 0 Å². The summed E-state index contributed by atoms with van der Waals surface area (Å²) < 4.78 is 0.756. The first kappa shape index (κ1) is 14.1. The molecule has 0 aliphatic carbocycles. The van der Waals surface area contributed by atoms with E-state index in [0.717, 1.165) is 16.6 Å². The molecule has 5 nitrogen and oxygen atoms in total. The van der Waals surface area contributed by atoms with Gasteiger partial charge in [0.15, 0.2) is 0 Å². The smallest absolute Gasteiger partial charge is 0.335 e. The Labute approximate surface area is 123 Å². The van der Waals surface area contributed by atoms with Gasteiger partial charge in [-0.25, -0.2) is 4.79 Å². The van der Waals surface area contributed by atoms with Crippen LogP contribution in [0.25, 0.3) is 0 Å². The maximum atomic E-state index is 12.0. The van der Waals surface area contributed by atoms with E-state index < -0.39 is 11.7 Å². The van der Waals surface area contributed by atoms with Gasteiger partial charge in [-0.05, 0) is 30.3 Å². The SMILES string of the molecule is O=C(Nc1ccc([O-])c(C(=O)O)c1)c1cccc(Br)c1. The summed E-state index contributed by atoms with van der Waals surface area (Å²) >= 11 is 3.26. The Morgan fingerprint density at radius 2 is 1.90 bits per heavy atom. The number of carbonyl (C=O) groups excluding carboxylic acids is 1. The van der Waals surface area contributed by atoms with Crippen LogP contribution in [0.15, 0.2) is 46.9 Å². The van der Waals surface area contributed by atoms with Crippen LogP contribution in [0.2, 0.25) is 0 Å². The number of hydrogen-bond donors (Lipinski definition) is 2. The summed E-state index contributed by atoms with van der Waals surface area (Å²) in [5, 5.41) is 22.7. The lowest BCUT2D eigenvalue weighted by molar-refractivity contribution is -0.268. The molecule has 20 heavy (non-hydrogen) atoms. The lowest BCUT2D eigenvalue weighted by Crippen LogP contribution is -2.13. The highest BCUT2D eigenvalue weighted by atomic mass is 79.9. The van der Waals surface area contributed by atoms with Crippen molar-refractivity contribution in [2.75, 3.05) is 5.32 Å². The van der Waals surface area contributed by atoms with E-state index in [1.165, 1.54) is 6.07 Å². The van der Waals surface area contributed by atoms with Gasteiger partial charge in [-0.3, -0.25) is 4.79 Å². The van der Waals surface area contributed by atoms with E-state index in [2.05, 4.69) is 21.2 Å². The van der Waals surface area contributed by atoms with Crippen LogP contribution in [-0.4, -0.2) is 17.0 Å². The highest BCUT2D eigenvalue weighted by Crippen LogP contribution is 2.20. The van der Waals surface area contributed by atoms with E-state index in [4.69, 9.17) is 5.11 Å². The van der Waals surface area contributed by atoms with Gasteiger partial charge in [-0.1, -0.05) is 33.8 Å². The van der Waals surface area contributed by atoms with Crippen molar-refractivity contribution < 1.29 is 19.8 Å². The summed E-state index contributed by atoms with van der Waals surface area (Å²) in [6.45, 7) is 0. The maximum Gasteiger partial charge on any atom is 0.335 e. The summed E-state index contributed by atoms with van der Waals surface area (Å²) in [4.78, 5) is 22.8. The van der Waals surface area contributed by atoms with E-state index in [1.54, 1.807) is 24.3 Å². The molecular weight excluding hydrogens is 326 g/mol. The average molecular weight is 335 g/mol. The topological polar surface area (TPSA) is 89.5 Å². The van der Waals surface area contributed by atoms with Crippen molar-refractivity contribution in [3.05, 3.63) is 58.1 Å². The Bertz CT molecular complexity index is 685. The zero-order valence-electron chi connectivity index (χ0n) is 10.1. The lowest BCUT2D eigenvalue weighted by atomic mass is 10.1. The predicted molar refractivity (Wildman–Crippen MR) is 74.9 cm³/mol. The van der Waals surface area contributed by atoms with Gasteiger partial charge in [0.1, 0.15) is 0 Å². The molecule has 0 spiro atoms. The third-order valence-corrected chi connectivity index (χ3v) is 3.05. The highest BCUT2D eigenvalue weighted by Gasteiger charge is 2.09. The summed E-state index contributed by atoms with van der Waals surface area (Å²) in [5.74, 6) is -2.31. The van der Waals surface area contributed by atoms with Crippen molar-refractivity contribution in [1.82, 2.24) is 0 Å². The zero-order valence-corrected chi connectivity index (χ0v) is 11.7. The van der Waals surface area contributed by atoms with Crippen LogP contribution in [0.4, 0.5) is 5.69 Å². The van der Waals surface area contributed by atoms with Crippen LogP contribution < -0.4 is 10.4 Å². The van der Waals surface area contributed by atoms with Crippen molar-refractivity contribution in [2.24, 2.45) is 0 Å². The second kappa shape index (κ2) is 5.75. The quantitative estimate of drug-likeness (QED) is 0.902. The number of carboxylic acid groups (broad SMARTS) is 1. The Balaban J connectivity index is 2.24. The molecular formula is C14H9BrNO4-. The van der Waals surface area contributed by atoms with E-state index in [-0.39, 0.29) is 17.2 Å². The first-order chi connectivity index (χ1) is 9.47. The number of amides is 1. The minimum atomic E-state index is -1.33. The van der Waals surface area contributed by atoms with Gasteiger partial charge < -0.3 is 15.5 Å². The summed E-state index contributed by atoms with van der Waals surface area (Å²) in [7, 11) is 0. The summed E-state index contributed by atoms with van der Waals surface area (Å²) in [6.07, 6.45) is 0. The number of hydrogen-bond acceptors (Lipinski definition) is 3. The first-order valence-corrected chi connectivity index (χ1v) is 6.38. The number of carboxylic acids is 1. The fourth-order valence-corrected chi connectivity index (χ4v) is 2.01. The Kier molecular flexibility index (Phi) is 4.05. The van der Waals surface area contributed by atoms with E-state index in [0.29, 0.717) is 5.56 Å². The minimum absolute atomic E-state index is 0.256. The molecule has 0 fully saturated rings. The second-order valence-electron chi connectivity index (χ2n) is 3.98. The third kappa shape index (κ3) is 3.16. The monoisotopic (exact) mass is 334 g/mol. The number of aromatic carboxylic acids is 1. The van der Waals surface area contributed by atoms with Gasteiger partial charge in [0.05, 0.1) is 5.56 Å². The third-order valence-electron chi connectivity index (χ3n) is 2.55. The molecule has 0 atom stereocenters. The molecule has 102 valence electrons.